The maximum Gasteiger partial charge on any atom is 0.0439 e. The van der Waals surface area contributed by atoms with Crippen LogP contribution in [0.25, 0.3) is 0 Å². The van der Waals surface area contributed by atoms with Gasteiger partial charge in [-0.2, -0.15) is 0 Å². The molecule has 29 heavy (non-hydrogen) atoms. The van der Waals surface area contributed by atoms with Crippen molar-refractivity contribution in [1.29, 1.82) is 0 Å². The fourth-order valence-corrected chi connectivity index (χ4v) is 6.28. The molecule has 0 aromatic heterocycles. The first kappa shape index (κ1) is 21.9. The lowest BCUT2D eigenvalue weighted by molar-refractivity contribution is 0.870. The van der Waals surface area contributed by atoms with Gasteiger partial charge in [0.2, 0.25) is 0 Å². The van der Waals surface area contributed by atoms with E-state index in [4.69, 9.17) is 0 Å². The monoisotopic (exact) mass is 421 g/mol. The predicted octanol–water partition coefficient (Wildman–Crippen LogP) is 7.12. The van der Waals surface area contributed by atoms with Gasteiger partial charge in [0.1, 0.15) is 0 Å². The second-order valence-corrected chi connectivity index (χ2v) is 10.4. The maximum atomic E-state index is 2.41. The number of aryl methyl sites for hydroxylation is 2. The number of anilines is 1. The van der Waals surface area contributed by atoms with E-state index in [1.807, 2.05) is 11.8 Å². The smallest absolute Gasteiger partial charge is 0.0439 e. The lowest BCUT2D eigenvalue weighted by Gasteiger charge is -2.24. The van der Waals surface area contributed by atoms with Gasteiger partial charge >= 0.3 is 0 Å². The Balaban J connectivity index is 1.88. The van der Waals surface area contributed by atoms with Gasteiger partial charge in [0.05, 0.1) is 0 Å². The SMILES string of the molecule is CCC(Pc1ccc(C)cc1N(C)C)c1cc(C)ccc1SCc1ccccc1. The molecule has 0 radical (unpaired) electrons. The van der Waals surface area contributed by atoms with Crippen LogP contribution in [0.5, 0.6) is 0 Å². The molecule has 0 fully saturated rings. The van der Waals surface area contributed by atoms with E-state index >= 15 is 0 Å². The Labute approximate surface area is 182 Å². The zero-order valence-corrected chi connectivity index (χ0v) is 20.0. The highest BCUT2D eigenvalue weighted by atomic mass is 32.2. The molecule has 0 saturated carbocycles. The van der Waals surface area contributed by atoms with Crippen molar-refractivity contribution >= 4 is 31.3 Å². The highest BCUT2D eigenvalue weighted by Gasteiger charge is 2.17. The van der Waals surface area contributed by atoms with Crippen LogP contribution in [0.2, 0.25) is 0 Å². The van der Waals surface area contributed by atoms with Crippen molar-refractivity contribution in [2.24, 2.45) is 0 Å². The van der Waals surface area contributed by atoms with Gasteiger partial charge in [-0.3, -0.25) is 0 Å². The van der Waals surface area contributed by atoms with Crippen molar-refractivity contribution in [1.82, 2.24) is 0 Å². The summed E-state index contributed by atoms with van der Waals surface area (Å²) in [4.78, 5) is 3.68. The van der Waals surface area contributed by atoms with E-state index in [9.17, 15) is 0 Å². The third kappa shape index (κ3) is 5.87. The summed E-state index contributed by atoms with van der Waals surface area (Å²) in [6.45, 7) is 6.72. The van der Waals surface area contributed by atoms with Crippen molar-refractivity contribution in [3.05, 3.63) is 89.0 Å². The molecule has 0 saturated heterocycles. The number of thioether (sulfide) groups is 1. The van der Waals surface area contributed by atoms with Crippen molar-refractivity contribution < 1.29 is 0 Å². The Kier molecular flexibility index (Phi) is 7.81. The molecule has 3 heteroatoms. The summed E-state index contributed by atoms with van der Waals surface area (Å²) in [6, 6.07) is 24.7. The lowest BCUT2D eigenvalue weighted by atomic mass is 10.1. The minimum Gasteiger partial charge on any atom is -0.377 e. The summed E-state index contributed by atoms with van der Waals surface area (Å²) in [5, 5.41) is 1.47. The van der Waals surface area contributed by atoms with Gasteiger partial charge in [0.25, 0.3) is 0 Å². The second-order valence-electron chi connectivity index (χ2n) is 7.84. The minimum atomic E-state index is 0.551. The Morgan fingerprint density at radius 2 is 1.59 bits per heavy atom. The Bertz CT molecular complexity index is 937. The van der Waals surface area contributed by atoms with E-state index in [0.717, 1.165) is 20.8 Å². The molecular weight excluding hydrogens is 389 g/mol. The molecule has 3 rings (SSSR count). The predicted molar refractivity (Wildman–Crippen MR) is 134 cm³/mol. The molecule has 0 aliphatic heterocycles. The van der Waals surface area contributed by atoms with Crippen LogP contribution in [0.4, 0.5) is 5.69 Å². The molecule has 3 aromatic carbocycles. The maximum absolute atomic E-state index is 2.41. The average molecular weight is 422 g/mol. The molecule has 152 valence electrons. The zero-order chi connectivity index (χ0) is 20.8. The van der Waals surface area contributed by atoms with E-state index in [0.29, 0.717) is 5.66 Å². The van der Waals surface area contributed by atoms with Crippen LogP contribution in [-0.2, 0) is 5.75 Å². The molecule has 0 aliphatic carbocycles. The average Bonchev–Trinajstić information content (AvgIpc) is 2.72. The molecule has 0 bridgehead atoms. The Hall–Kier alpha value is -1.76. The van der Waals surface area contributed by atoms with Crippen LogP contribution in [0.1, 0.15) is 41.3 Å². The molecular formula is C26H32NPS. The molecule has 3 aromatic rings. The van der Waals surface area contributed by atoms with Gasteiger partial charge in [-0.25, -0.2) is 0 Å². The zero-order valence-electron chi connectivity index (χ0n) is 18.2. The number of hydrogen-bond donors (Lipinski definition) is 0. The Morgan fingerprint density at radius 1 is 0.897 bits per heavy atom. The fourth-order valence-electron chi connectivity index (χ4n) is 3.53. The number of nitrogens with zero attached hydrogens (tertiary/aromatic N) is 1. The summed E-state index contributed by atoms with van der Waals surface area (Å²) < 4.78 is 0. The normalized spacial score (nSPS) is 12.4. The van der Waals surface area contributed by atoms with Gasteiger partial charge < -0.3 is 4.90 Å². The van der Waals surface area contributed by atoms with Gasteiger partial charge in [-0.05, 0) is 54.4 Å². The molecule has 0 N–H and O–H groups in total. The summed E-state index contributed by atoms with van der Waals surface area (Å²) in [5.74, 6) is 1.02. The number of rotatable bonds is 8. The van der Waals surface area contributed by atoms with Crippen LogP contribution in [0.15, 0.2) is 71.6 Å². The van der Waals surface area contributed by atoms with Gasteiger partial charge in [0, 0.05) is 36.1 Å². The van der Waals surface area contributed by atoms with Crippen molar-refractivity contribution in [2.75, 3.05) is 19.0 Å². The third-order valence-corrected chi connectivity index (χ3v) is 8.11. The first-order valence-electron chi connectivity index (χ1n) is 10.3. The van der Waals surface area contributed by atoms with Crippen molar-refractivity contribution in [2.45, 2.75) is 43.5 Å². The lowest BCUT2D eigenvalue weighted by Crippen LogP contribution is -2.17. The largest absolute Gasteiger partial charge is 0.377 e. The first-order valence-corrected chi connectivity index (χ1v) is 12.4. The second kappa shape index (κ2) is 10.3. The number of benzene rings is 3. The third-order valence-electron chi connectivity index (χ3n) is 5.15. The molecule has 2 unspecified atom stereocenters. The van der Waals surface area contributed by atoms with Crippen molar-refractivity contribution in [3.63, 3.8) is 0 Å². The topological polar surface area (TPSA) is 3.24 Å². The minimum absolute atomic E-state index is 0.551. The fraction of sp³-hybridized carbons (Fsp3) is 0.308. The molecule has 1 nitrogen and oxygen atoms in total. The quantitative estimate of drug-likeness (QED) is 0.281. The molecule has 0 spiro atoms. The molecule has 0 heterocycles. The van der Waals surface area contributed by atoms with Crippen LogP contribution in [-0.4, -0.2) is 14.1 Å². The van der Waals surface area contributed by atoms with E-state index in [1.54, 1.807) is 0 Å². The van der Waals surface area contributed by atoms with E-state index < -0.39 is 0 Å². The summed E-state index contributed by atoms with van der Waals surface area (Å²) in [5.41, 5.74) is 7.47. The summed E-state index contributed by atoms with van der Waals surface area (Å²) in [6.07, 6.45) is 1.15. The highest BCUT2D eigenvalue weighted by molar-refractivity contribution is 7.98. The molecule has 0 aliphatic rings. The van der Waals surface area contributed by atoms with Gasteiger partial charge in [-0.15, -0.1) is 11.8 Å². The van der Waals surface area contributed by atoms with E-state index in [-0.39, 0.29) is 0 Å². The van der Waals surface area contributed by atoms with Crippen LogP contribution in [0, 0.1) is 13.8 Å². The number of hydrogen-bond acceptors (Lipinski definition) is 2. The summed E-state index contributed by atoms with van der Waals surface area (Å²) in [7, 11) is 5.07. The van der Waals surface area contributed by atoms with Crippen LogP contribution in [0.3, 0.4) is 0 Å². The highest BCUT2D eigenvalue weighted by Crippen LogP contribution is 2.43. The summed E-state index contributed by atoms with van der Waals surface area (Å²) >= 11 is 1.97. The van der Waals surface area contributed by atoms with Gasteiger partial charge in [-0.1, -0.05) is 75.7 Å². The van der Waals surface area contributed by atoms with Crippen LogP contribution >= 0.6 is 20.3 Å². The Morgan fingerprint density at radius 3 is 2.28 bits per heavy atom. The van der Waals surface area contributed by atoms with E-state index in [1.165, 1.54) is 38.1 Å². The van der Waals surface area contributed by atoms with Gasteiger partial charge in [0.15, 0.2) is 0 Å². The first-order chi connectivity index (χ1) is 14.0. The molecule has 2 atom stereocenters. The standard InChI is InChI=1S/C26H32NPS/c1-6-24(28-25-14-12-20(3)17-23(25)27(4)5)22-16-19(2)13-15-26(22)29-18-21-10-8-7-9-11-21/h7-17,24,28H,6,18H2,1-5H3. The van der Waals surface area contributed by atoms with E-state index in [2.05, 4.69) is 106 Å². The molecule has 0 amide bonds. The van der Waals surface area contributed by atoms with Crippen LogP contribution < -0.4 is 10.2 Å². The van der Waals surface area contributed by atoms with Crippen molar-refractivity contribution in [3.8, 4) is 0 Å².